The van der Waals surface area contributed by atoms with E-state index in [0.717, 1.165) is 10.2 Å². The topological polar surface area (TPSA) is 73.0 Å². The molecular weight excluding hydrogens is 366 g/mol. The molecule has 1 N–H and O–H groups in total. The fraction of sp³-hybridized carbons (Fsp3) is 0.0500. The van der Waals surface area contributed by atoms with E-state index in [9.17, 15) is 13.6 Å². The summed E-state index contributed by atoms with van der Waals surface area (Å²) in [5, 5.41) is 7.15. The first kappa shape index (κ1) is 17.6. The van der Waals surface area contributed by atoms with Gasteiger partial charge in [-0.15, -0.1) is 5.10 Å². The second-order valence-electron chi connectivity index (χ2n) is 5.91. The van der Waals surface area contributed by atoms with Gasteiger partial charge in [0, 0.05) is 6.54 Å². The average molecular weight is 380 g/mol. The molecule has 0 fully saturated rings. The van der Waals surface area contributed by atoms with Gasteiger partial charge in [-0.1, -0.05) is 24.3 Å². The van der Waals surface area contributed by atoms with Crippen molar-refractivity contribution in [3.63, 3.8) is 0 Å². The molecule has 2 aromatic carbocycles. The van der Waals surface area contributed by atoms with Crippen LogP contribution in [0.5, 0.6) is 0 Å². The van der Waals surface area contributed by atoms with Crippen molar-refractivity contribution in [1.29, 1.82) is 0 Å². The highest BCUT2D eigenvalue weighted by molar-refractivity contribution is 5.97. The van der Waals surface area contributed by atoms with Crippen LogP contribution in [0.1, 0.15) is 15.9 Å². The first-order valence-corrected chi connectivity index (χ1v) is 8.40. The van der Waals surface area contributed by atoms with Gasteiger partial charge in [0.15, 0.2) is 5.76 Å². The van der Waals surface area contributed by atoms with E-state index in [-0.39, 0.29) is 29.7 Å². The predicted molar refractivity (Wildman–Crippen MR) is 97.6 cm³/mol. The molecule has 4 rings (SSSR count). The van der Waals surface area contributed by atoms with Crippen molar-refractivity contribution in [3.05, 3.63) is 89.7 Å². The average Bonchev–Trinajstić information content (AvgIpc) is 3.37. The number of rotatable bonds is 5. The van der Waals surface area contributed by atoms with Gasteiger partial charge in [-0.3, -0.25) is 4.79 Å². The van der Waals surface area contributed by atoms with Gasteiger partial charge < -0.3 is 9.73 Å². The maximum atomic E-state index is 14.1. The van der Waals surface area contributed by atoms with Crippen LogP contribution in [-0.4, -0.2) is 20.7 Å². The van der Waals surface area contributed by atoms with Gasteiger partial charge in [-0.05, 0) is 42.0 Å². The minimum absolute atomic E-state index is 0.115. The van der Waals surface area contributed by atoms with Crippen LogP contribution in [-0.2, 0) is 6.54 Å². The van der Waals surface area contributed by atoms with Gasteiger partial charge in [0.1, 0.15) is 11.6 Å². The molecule has 0 spiro atoms. The number of nitrogens with one attached hydrogen (secondary N) is 1. The van der Waals surface area contributed by atoms with E-state index in [1.165, 1.54) is 36.6 Å². The Morgan fingerprint density at radius 3 is 2.54 bits per heavy atom. The molecule has 0 amide bonds. The number of benzene rings is 2. The minimum atomic E-state index is -0.676. The van der Waals surface area contributed by atoms with Crippen LogP contribution in [0, 0.1) is 11.6 Å². The van der Waals surface area contributed by atoms with Crippen LogP contribution in [0.4, 0.5) is 14.7 Å². The fourth-order valence-electron chi connectivity index (χ4n) is 2.61. The molecule has 0 aliphatic heterocycles. The highest BCUT2D eigenvalue weighted by Crippen LogP contribution is 2.20. The second-order valence-corrected chi connectivity index (χ2v) is 5.91. The molecule has 140 valence electrons. The summed E-state index contributed by atoms with van der Waals surface area (Å²) in [5.41, 5.74) is 0.636. The molecular formula is C20H14F2N4O2. The van der Waals surface area contributed by atoms with Crippen molar-refractivity contribution in [1.82, 2.24) is 14.8 Å². The van der Waals surface area contributed by atoms with Crippen molar-refractivity contribution < 1.29 is 18.0 Å². The number of aromatic nitrogens is 3. The maximum absolute atomic E-state index is 14.1. The summed E-state index contributed by atoms with van der Waals surface area (Å²) in [5.74, 6) is -1.02. The zero-order valence-corrected chi connectivity index (χ0v) is 14.5. The third-order valence-corrected chi connectivity index (χ3v) is 4.01. The SMILES string of the molecule is O=C(c1ccccc1F)n1nc(-c2ccco2)nc1NCc1ccc(F)cc1. The van der Waals surface area contributed by atoms with E-state index < -0.39 is 11.7 Å². The van der Waals surface area contributed by atoms with E-state index >= 15 is 0 Å². The number of halogens is 2. The summed E-state index contributed by atoms with van der Waals surface area (Å²) in [4.78, 5) is 17.1. The first-order valence-electron chi connectivity index (χ1n) is 8.40. The molecule has 0 saturated carbocycles. The summed E-state index contributed by atoms with van der Waals surface area (Å²) < 4.78 is 33.4. The van der Waals surface area contributed by atoms with Crippen molar-refractivity contribution in [2.24, 2.45) is 0 Å². The molecule has 0 aliphatic carbocycles. The van der Waals surface area contributed by atoms with Gasteiger partial charge in [0.05, 0.1) is 11.8 Å². The Morgan fingerprint density at radius 2 is 1.82 bits per heavy atom. The summed E-state index contributed by atoms with van der Waals surface area (Å²) in [6.07, 6.45) is 1.46. The summed E-state index contributed by atoms with van der Waals surface area (Å²) in [6, 6.07) is 14.8. The molecule has 0 aliphatic rings. The number of furan rings is 1. The molecule has 2 aromatic heterocycles. The van der Waals surface area contributed by atoms with Crippen LogP contribution in [0.15, 0.2) is 71.3 Å². The Kier molecular flexibility index (Phi) is 4.67. The molecule has 28 heavy (non-hydrogen) atoms. The lowest BCUT2D eigenvalue weighted by molar-refractivity contribution is 0.0943. The standard InChI is InChI=1S/C20H14F2N4O2/c21-14-9-7-13(8-10-14)12-23-20-24-18(17-6-3-11-28-17)25-26(20)19(27)15-4-1-2-5-16(15)22/h1-11H,12H2,(H,23,24,25). The molecule has 0 atom stereocenters. The van der Waals surface area contributed by atoms with Crippen LogP contribution in [0.2, 0.25) is 0 Å². The van der Waals surface area contributed by atoms with Gasteiger partial charge in [0.25, 0.3) is 5.91 Å². The number of hydrogen-bond acceptors (Lipinski definition) is 5. The highest BCUT2D eigenvalue weighted by atomic mass is 19.1. The van der Waals surface area contributed by atoms with E-state index in [1.54, 1.807) is 30.3 Å². The lowest BCUT2D eigenvalue weighted by atomic mass is 10.2. The Labute approximate surface area is 158 Å². The Balaban J connectivity index is 1.68. The summed E-state index contributed by atoms with van der Waals surface area (Å²) in [7, 11) is 0. The van der Waals surface area contributed by atoms with E-state index in [0.29, 0.717) is 5.76 Å². The lowest BCUT2D eigenvalue weighted by Gasteiger charge is -2.08. The van der Waals surface area contributed by atoms with Crippen LogP contribution in [0.25, 0.3) is 11.6 Å². The smallest absolute Gasteiger partial charge is 0.284 e. The van der Waals surface area contributed by atoms with E-state index in [2.05, 4.69) is 15.4 Å². The van der Waals surface area contributed by atoms with Gasteiger partial charge in [-0.25, -0.2) is 8.78 Å². The second kappa shape index (κ2) is 7.43. The van der Waals surface area contributed by atoms with Crippen molar-refractivity contribution >= 4 is 11.9 Å². The summed E-state index contributed by atoms with van der Waals surface area (Å²) >= 11 is 0. The minimum Gasteiger partial charge on any atom is -0.461 e. The summed E-state index contributed by atoms with van der Waals surface area (Å²) in [6.45, 7) is 0.265. The van der Waals surface area contributed by atoms with Gasteiger partial charge >= 0.3 is 0 Å². The Hall–Kier alpha value is -3.81. The number of hydrogen-bond donors (Lipinski definition) is 1. The van der Waals surface area contributed by atoms with Crippen molar-refractivity contribution in [2.45, 2.75) is 6.54 Å². The monoisotopic (exact) mass is 380 g/mol. The van der Waals surface area contributed by atoms with Crippen LogP contribution in [0.3, 0.4) is 0 Å². The Morgan fingerprint density at radius 1 is 1.04 bits per heavy atom. The third-order valence-electron chi connectivity index (χ3n) is 4.01. The number of carbonyl (C=O) groups excluding carboxylic acids is 1. The lowest BCUT2D eigenvalue weighted by Crippen LogP contribution is -2.18. The van der Waals surface area contributed by atoms with Crippen molar-refractivity contribution in [3.8, 4) is 11.6 Å². The molecule has 6 nitrogen and oxygen atoms in total. The van der Waals surface area contributed by atoms with Crippen molar-refractivity contribution in [2.75, 3.05) is 5.32 Å². The van der Waals surface area contributed by atoms with E-state index in [1.807, 2.05) is 0 Å². The fourth-order valence-corrected chi connectivity index (χ4v) is 2.61. The zero-order chi connectivity index (χ0) is 19.5. The van der Waals surface area contributed by atoms with Crippen LogP contribution >= 0.6 is 0 Å². The third kappa shape index (κ3) is 3.52. The first-order chi connectivity index (χ1) is 13.6. The number of nitrogens with zero attached hydrogens (tertiary/aromatic N) is 3. The van der Waals surface area contributed by atoms with Gasteiger partial charge in [-0.2, -0.15) is 9.67 Å². The largest absolute Gasteiger partial charge is 0.461 e. The highest BCUT2D eigenvalue weighted by Gasteiger charge is 2.21. The molecule has 0 bridgehead atoms. The molecule has 0 radical (unpaired) electrons. The predicted octanol–water partition coefficient (Wildman–Crippen LogP) is 4.12. The molecule has 8 heteroatoms. The van der Waals surface area contributed by atoms with Gasteiger partial charge in [0.2, 0.25) is 11.8 Å². The van der Waals surface area contributed by atoms with Crippen LogP contribution < -0.4 is 5.32 Å². The van der Waals surface area contributed by atoms with E-state index in [4.69, 9.17) is 4.42 Å². The molecule has 0 saturated heterocycles. The number of anilines is 1. The molecule has 0 unspecified atom stereocenters. The number of carbonyl (C=O) groups is 1. The molecule has 4 aromatic rings. The quantitative estimate of drug-likeness (QED) is 0.564. The molecule has 2 heterocycles. The zero-order valence-electron chi connectivity index (χ0n) is 14.5. The normalized spacial score (nSPS) is 10.8. The maximum Gasteiger partial charge on any atom is 0.284 e. The Bertz CT molecular complexity index is 1110.